The Bertz CT molecular complexity index is 989. The fourth-order valence-corrected chi connectivity index (χ4v) is 4.19. The van der Waals surface area contributed by atoms with Crippen molar-refractivity contribution in [2.45, 2.75) is 31.5 Å². The summed E-state index contributed by atoms with van der Waals surface area (Å²) >= 11 is 0. The number of alkyl halides is 3. The van der Waals surface area contributed by atoms with Crippen molar-refractivity contribution in [3.63, 3.8) is 0 Å². The Kier molecular flexibility index (Phi) is 6.85. The van der Waals surface area contributed by atoms with Gasteiger partial charge < -0.3 is 4.74 Å². The van der Waals surface area contributed by atoms with Crippen LogP contribution < -0.4 is 4.74 Å². The van der Waals surface area contributed by atoms with Gasteiger partial charge in [0.05, 0.1) is 15.4 Å². The number of nitro groups is 1. The maximum Gasteiger partial charge on any atom is 0.416 e. The van der Waals surface area contributed by atoms with Gasteiger partial charge in [-0.25, -0.2) is 8.42 Å². The van der Waals surface area contributed by atoms with Crippen molar-refractivity contribution in [2.24, 2.45) is 0 Å². The largest absolute Gasteiger partial charge is 0.482 e. The Hall–Kier alpha value is -2.66. The van der Waals surface area contributed by atoms with Crippen LogP contribution >= 0.6 is 0 Å². The van der Waals surface area contributed by atoms with Crippen molar-refractivity contribution in [2.75, 3.05) is 13.1 Å². The molecule has 2 rings (SSSR count). The first-order chi connectivity index (χ1) is 13.5. The number of ether oxygens (including phenoxy) is 1. The molecule has 0 saturated carbocycles. The molecule has 2 aromatic carbocycles. The van der Waals surface area contributed by atoms with Gasteiger partial charge in [0.2, 0.25) is 10.0 Å². The maximum atomic E-state index is 13.1. The predicted molar refractivity (Wildman–Crippen MR) is 99.0 cm³/mol. The lowest BCUT2D eigenvalue weighted by molar-refractivity contribution is -0.386. The number of benzene rings is 2. The molecule has 158 valence electrons. The Labute approximate surface area is 165 Å². The third-order valence-corrected chi connectivity index (χ3v) is 6.22. The van der Waals surface area contributed by atoms with Gasteiger partial charge in [-0.3, -0.25) is 10.1 Å². The van der Waals surface area contributed by atoms with E-state index in [1.807, 2.05) is 0 Å². The molecule has 0 aromatic heterocycles. The summed E-state index contributed by atoms with van der Waals surface area (Å²) in [5.41, 5.74) is -1.76. The zero-order chi connectivity index (χ0) is 21.8. The van der Waals surface area contributed by atoms with Gasteiger partial charge in [-0.05, 0) is 18.2 Å². The lowest BCUT2D eigenvalue weighted by Gasteiger charge is -2.18. The summed E-state index contributed by atoms with van der Waals surface area (Å²) in [5.74, 6) is -0.328. The van der Waals surface area contributed by atoms with E-state index in [0.717, 1.165) is 28.6 Å². The molecular formula is C18H19F3N2O5S. The molecule has 0 saturated heterocycles. The highest BCUT2D eigenvalue weighted by Gasteiger charge is 2.33. The number of sulfonamides is 1. The van der Waals surface area contributed by atoms with Crippen LogP contribution in [0.3, 0.4) is 0 Å². The molecule has 7 nitrogen and oxygen atoms in total. The van der Waals surface area contributed by atoms with Crippen molar-refractivity contribution in [1.82, 2.24) is 4.31 Å². The van der Waals surface area contributed by atoms with E-state index in [0.29, 0.717) is 0 Å². The molecule has 29 heavy (non-hydrogen) atoms. The van der Waals surface area contributed by atoms with Gasteiger partial charge in [-0.15, -0.1) is 0 Å². The molecule has 0 amide bonds. The van der Waals surface area contributed by atoms with E-state index in [1.54, 1.807) is 13.8 Å². The lowest BCUT2D eigenvalue weighted by atomic mass is 10.1. The van der Waals surface area contributed by atoms with E-state index in [2.05, 4.69) is 0 Å². The molecule has 0 aliphatic carbocycles. The van der Waals surface area contributed by atoms with E-state index in [1.165, 1.54) is 18.2 Å². The minimum atomic E-state index is -4.60. The van der Waals surface area contributed by atoms with Crippen molar-refractivity contribution in [3.8, 4) is 5.75 Å². The number of hydrogen-bond donors (Lipinski definition) is 0. The molecule has 0 unspecified atom stereocenters. The van der Waals surface area contributed by atoms with Crippen molar-refractivity contribution >= 4 is 15.7 Å². The first kappa shape index (κ1) is 22.6. The second-order valence-electron chi connectivity index (χ2n) is 5.92. The van der Waals surface area contributed by atoms with Crippen LogP contribution in [0.5, 0.6) is 5.75 Å². The third kappa shape index (κ3) is 5.04. The number of nitrogens with zero attached hydrogens (tertiary/aromatic N) is 2. The summed E-state index contributed by atoms with van der Waals surface area (Å²) in [4.78, 5) is 10.2. The van der Waals surface area contributed by atoms with E-state index in [9.17, 15) is 31.7 Å². The van der Waals surface area contributed by atoms with Gasteiger partial charge in [0.15, 0.2) is 5.75 Å². The average molecular weight is 432 g/mol. The van der Waals surface area contributed by atoms with Crippen LogP contribution in [0.4, 0.5) is 18.9 Å². The summed E-state index contributed by atoms with van der Waals surface area (Å²) in [6, 6.07) is 7.75. The normalized spacial score (nSPS) is 12.2. The zero-order valence-electron chi connectivity index (χ0n) is 15.6. The van der Waals surface area contributed by atoms with Gasteiger partial charge in [-0.2, -0.15) is 17.5 Å². The summed E-state index contributed by atoms with van der Waals surface area (Å²) in [6.07, 6.45) is -4.60. The quantitative estimate of drug-likeness (QED) is 0.460. The Morgan fingerprint density at radius 3 is 2.28 bits per heavy atom. The van der Waals surface area contributed by atoms with Crippen LogP contribution in [0.25, 0.3) is 0 Å². The van der Waals surface area contributed by atoms with Crippen molar-refractivity contribution in [1.29, 1.82) is 0 Å². The number of nitro benzene ring substituents is 1. The van der Waals surface area contributed by atoms with E-state index >= 15 is 0 Å². The van der Waals surface area contributed by atoms with Crippen molar-refractivity contribution in [3.05, 3.63) is 63.7 Å². The Balaban J connectivity index is 2.38. The van der Waals surface area contributed by atoms with Gasteiger partial charge in [-0.1, -0.05) is 32.0 Å². The van der Waals surface area contributed by atoms with E-state index in [4.69, 9.17) is 4.74 Å². The number of rotatable bonds is 8. The first-order valence-electron chi connectivity index (χ1n) is 8.58. The summed E-state index contributed by atoms with van der Waals surface area (Å²) in [5, 5.41) is 11.4. The number of hydrogen-bond acceptors (Lipinski definition) is 5. The Morgan fingerprint density at radius 1 is 1.10 bits per heavy atom. The zero-order valence-corrected chi connectivity index (χ0v) is 16.5. The number of halogens is 3. The second-order valence-corrected chi connectivity index (χ2v) is 7.86. The fraction of sp³-hybridized carbons (Fsp3) is 0.333. The van der Waals surface area contributed by atoms with E-state index < -0.39 is 39.0 Å². The predicted octanol–water partition coefficient (Wildman–Crippen LogP) is 4.22. The minimum absolute atomic E-state index is 0.180. The summed E-state index contributed by atoms with van der Waals surface area (Å²) < 4.78 is 70.7. The molecular weight excluding hydrogens is 413 g/mol. The smallest absolute Gasteiger partial charge is 0.416 e. The lowest BCUT2D eigenvalue weighted by Crippen LogP contribution is -2.30. The standard InChI is InChI=1S/C18H19F3N2O5S/c1-3-22(4-2)29(26,27)14-9-10-17(16(11-14)23(24)25)28-12-13-7-5-6-8-15(13)18(19,20)21/h5-11H,3-4,12H2,1-2H3. The Morgan fingerprint density at radius 2 is 1.72 bits per heavy atom. The third-order valence-electron chi connectivity index (χ3n) is 4.18. The van der Waals surface area contributed by atoms with Gasteiger partial charge in [0, 0.05) is 24.7 Å². The molecule has 0 N–H and O–H groups in total. The molecule has 0 spiro atoms. The summed E-state index contributed by atoms with van der Waals surface area (Å²) in [7, 11) is -3.94. The monoisotopic (exact) mass is 432 g/mol. The van der Waals surface area contributed by atoms with Crippen LogP contribution in [-0.2, 0) is 22.8 Å². The van der Waals surface area contributed by atoms with Crippen LogP contribution in [-0.4, -0.2) is 30.7 Å². The van der Waals surface area contributed by atoms with Gasteiger partial charge in [0.25, 0.3) is 0 Å². The van der Waals surface area contributed by atoms with Gasteiger partial charge >= 0.3 is 11.9 Å². The molecule has 0 radical (unpaired) electrons. The van der Waals surface area contributed by atoms with Gasteiger partial charge in [0.1, 0.15) is 6.61 Å². The SMILES string of the molecule is CCN(CC)S(=O)(=O)c1ccc(OCc2ccccc2C(F)(F)F)c([N+](=O)[O-])c1. The average Bonchev–Trinajstić information content (AvgIpc) is 2.66. The molecule has 0 bridgehead atoms. The topological polar surface area (TPSA) is 89.8 Å². The summed E-state index contributed by atoms with van der Waals surface area (Å²) in [6.45, 7) is 3.05. The second kappa shape index (κ2) is 8.78. The van der Waals surface area contributed by atoms with E-state index in [-0.39, 0.29) is 29.3 Å². The van der Waals surface area contributed by atoms with Crippen LogP contribution in [0.1, 0.15) is 25.0 Å². The molecule has 0 fully saturated rings. The first-order valence-corrected chi connectivity index (χ1v) is 10.0. The highest BCUT2D eigenvalue weighted by Crippen LogP contribution is 2.34. The molecule has 0 aliphatic rings. The molecule has 2 aromatic rings. The van der Waals surface area contributed by atoms with Crippen LogP contribution in [0, 0.1) is 10.1 Å². The van der Waals surface area contributed by atoms with Crippen LogP contribution in [0.15, 0.2) is 47.4 Å². The molecule has 0 atom stereocenters. The molecule has 0 aliphatic heterocycles. The highest BCUT2D eigenvalue weighted by molar-refractivity contribution is 7.89. The minimum Gasteiger partial charge on any atom is -0.482 e. The highest BCUT2D eigenvalue weighted by atomic mass is 32.2. The molecule has 0 heterocycles. The van der Waals surface area contributed by atoms with Crippen molar-refractivity contribution < 1.29 is 31.2 Å². The fourth-order valence-electron chi connectivity index (χ4n) is 2.71. The molecule has 11 heteroatoms. The van der Waals surface area contributed by atoms with Crippen LogP contribution in [0.2, 0.25) is 0 Å². The maximum absolute atomic E-state index is 13.1.